The van der Waals surface area contributed by atoms with E-state index in [1.54, 1.807) is 0 Å². The van der Waals surface area contributed by atoms with Gasteiger partial charge in [0.2, 0.25) is 0 Å². The third-order valence-electron chi connectivity index (χ3n) is 3.78. The van der Waals surface area contributed by atoms with Crippen LogP contribution in [0.25, 0.3) is 0 Å². The van der Waals surface area contributed by atoms with E-state index in [1.807, 2.05) is 6.08 Å². The van der Waals surface area contributed by atoms with Crippen LogP contribution in [0, 0.1) is 0 Å². The van der Waals surface area contributed by atoms with Gasteiger partial charge in [-0.25, -0.2) is 4.98 Å². The van der Waals surface area contributed by atoms with Crippen molar-refractivity contribution in [3.8, 4) is 0 Å². The van der Waals surface area contributed by atoms with Gasteiger partial charge in [0.15, 0.2) is 0 Å². The summed E-state index contributed by atoms with van der Waals surface area (Å²) in [7, 11) is 0. The molecule has 2 rings (SSSR count). The van der Waals surface area contributed by atoms with Crippen molar-refractivity contribution in [1.82, 2.24) is 9.55 Å². The molecule has 3 heteroatoms. The summed E-state index contributed by atoms with van der Waals surface area (Å²) in [6.45, 7) is 11.1. The molecule has 100 valence electrons. The van der Waals surface area contributed by atoms with Gasteiger partial charge in [-0.3, -0.25) is 0 Å². The molecular weight excluding hydrogens is 222 g/mol. The minimum absolute atomic E-state index is 0.00383. The molecule has 1 aromatic rings. The van der Waals surface area contributed by atoms with E-state index in [-0.39, 0.29) is 5.41 Å². The molecule has 0 spiro atoms. The standard InChI is InChI=1S/C15H25N3/c1-5-10-18-13(16)12(15(2,3)4)17-14(18)11-8-6-7-9-11/h5,11H,1,6-10,16H2,2-4H3. The van der Waals surface area contributed by atoms with Crippen molar-refractivity contribution in [2.24, 2.45) is 0 Å². The van der Waals surface area contributed by atoms with Crippen LogP contribution in [0.5, 0.6) is 0 Å². The van der Waals surface area contributed by atoms with Crippen LogP contribution in [-0.2, 0) is 12.0 Å². The third-order valence-corrected chi connectivity index (χ3v) is 3.78. The molecule has 1 aliphatic rings. The maximum absolute atomic E-state index is 6.30. The number of hydrogen-bond acceptors (Lipinski definition) is 2. The molecular formula is C15H25N3. The summed E-state index contributed by atoms with van der Waals surface area (Å²) in [6, 6.07) is 0. The summed E-state index contributed by atoms with van der Waals surface area (Å²) >= 11 is 0. The average molecular weight is 247 g/mol. The summed E-state index contributed by atoms with van der Waals surface area (Å²) in [5, 5.41) is 0. The first kappa shape index (κ1) is 13.2. The van der Waals surface area contributed by atoms with Crippen molar-refractivity contribution in [3.05, 3.63) is 24.2 Å². The monoisotopic (exact) mass is 247 g/mol. The highest BCUT2D eigenvalue weighted by Gasteiger charge is 2.29. The Morgan fingerprint density at radius 1 is 1.39 bits per heavy atom. The second kappa shape index (κ2) is 4.79. The maximum atomic E-state index is 6.30. The number of aromatic nitrogens is 2. The lowest BCUT2D eigenvalue weighted by Gasteiger charge is -2.16. The van der Waals surface area contributed by atoms with Gasteiger partial charge >= 0.3 is 0 Å². The van der Waals surface area contributed by atoms with Gasteiger partial charge in [-0.05, 0) is 12.8 Å². The first-order valence-corrected chi connectivity index (χ1v) is 6.92. The molecule has 1 aromatic heterocycles. The van der Waals surface area contributed by atoms with E-state index in [0.29, 0.717) is 5.92 Å². The molecule has 1 heterocycles. The normalized spacial score (nSPS) is 17.3. The molecule has 1 fully saturated rings. The summed E-state index contributed by atoms with van der Waals surface area (Å²) < 4.78 is 2.16. The smallest absolute Gasteiger partial charge is 0.127 e. The predicted molar refractivity (Wildman–Crippen MR) is 76.7 cm³/mol. The SMILES string of the molecule is C=CCn1c(C2CCCC2)nc(C(C)(C)C)c1N. The van der Waals surface area contributed by atoms with Crippen molar-refractivity contribution in [1.29, 1.82) is 0 Å². The molecule has 1 saturated carbocycles. The minimum atomic E-state index is 0.00383. The molecule has 0 radical (unpaired) electrons. The number of hydrogen-bond donors (Lipinski definition) is 1. The maximum Gasteiger partial charge on any atom is 0.127 e. The highest BCUT2D eigenvalue weighted by atomic mass is 15.1. The zero-order chi connectivity index (χ0) is 13.3. The van der Waals surface area contributed by atoms with Gasteiger partial charge in [0.1, 0.15) is 11.6 Å². The van der Waals surface area contributed by atoms with Gasteiger partial charge in [0.05, 0.1) is 5.69 Å². The Kier molecular flexibility index (Phi) is 3.51. The first-order valence-electron chi connectivity index (χ1n) is 6.92. The zero-order valence-corrected chi connectivity index (χ0v) is 11.9. The summed E-state index contributed by atoms with van der Waals surface area (Å²) in [4.78, 5) is 4.87. The Morgan fingerprint density at radius 2 is 2.00 bits per heavy atom. The molecule has 0 atom stereocenters. The Bertz CT molecular complexity index is 431. The summed E-state index contributed by atoms with van der Waals surface area (Å²) in [6.07, 6.45) is 7.03. The molecule has 18 heavy (non-hydrogen) atoms. The minimum Gasteiger partial charge on any atom is -0.384 e. The number of anilines is 1. The van der Waals surface area contributed by atoms with E-state index in [9.17, 15) is 0 Å². The van der Waals surface area contributed by atoms with Crippen LogP contribution < -0.4 is 5.73 Å². The molecule has 2 N–H and O–H groups in total. The van der Waals surface area contributed by atoms with Crippen LogP contribution in [-0.4, -0.2) is 9.55 Å². The van der Waals surface area contributed by atoms with Crippen molar-refractivity contribution in [2.75, 3.05) is 5.73 Å². The van der Waals surface area contributed by atoms with Crippen LogP contribution in [0.3, 0.4) is 0 Å². The molecule has 1 aliphatic carbocycles. The lowest BCUT2D eigenvalue weighted by molar-refractivity contribution is 0.567. The second-order valence-electron chi connectivity index (χ2n) is 6.33. The molecule has 0 bridgehead atoms. The lowest BCUT2D eigenvalue weighted by atomic mass is 9.92. The quantitative estimate of drug-likeness (QED) is 0.829. The van der Waals surface area contributed by atoms with Crippen LogP contribution in [0.4, 0.5) is 5.82 Å². The molecule has 3 nitrogen and oxygen atoms in total. The first-order chi connectivity index (χ1) is 8.45. The molecule has 0 unspecified atom stereocenters. The van der Waals surface area contributed by atoms with E-state index >= 15 is 0 Å². The van der Waals surface area contributed by atoms with Gasteiger partial charge in [0.25, 0.3) is 0 Å². The van der Waals surface area contributed by atoms with E-state index in [4.69, 9.17) is 10.7 Å². The van der Waals surface area contributed by atoms with Crippen LogP contribution in [0.1, 0.15) is 63.9 Å². The molecule has 0 saturated heterocycles. The van der Waals surface area contributed by atoms with E-state index in [2.05, 4.69) is 31.9 Å². The van der Waals surface area contributed by atoms with Gasteiger partial charge in [-0.15, -0.1) is 6.58 Å². The summed E-state index contributed by atoms with van der Waals surface area (Å²) in [5.74, 6) is 2.59. The van der Waals surface area contributed by atoms with Crippen LogP contribution in [0.2, 0.25) is 0 Å². The van der Waals surface area contributed by atoms with Gasteiger partial charge in [-0.2, -0.15) is 0 Å². The highest BCUT2D eigenvalue weighted by Crippen LogP contribution is 2.37. The third kappa shape index (κ3) is 2.31. The Morgan fingerprint density at radius 3 is 2.50 bits per heavy atom. The van der Waals surface area contributed by atoms with Gasteiger partial charge in [0, 0.05) is 17.9 Å². The highest BCUT2D eigenvalue weighted by molar-refractivity contribution is 5.43. The fraction of sp³-hybridized carbons (Fsp3) is 0.667. The number of imidazole rings is 1. The van der Waals surface area contributed by atoms with Crippen LogP contribution >= 0.6 is 0 Å². The molecule has 0 aliphatic heterocycles. The van der Waals surface area contributed by atoms with E-state index < -0.39 is 0 Å². The fourth-order valence-electron chi connectivity index (χ4n) is 2.85. The summed E-state index contributed by atoms with van der Waals surface area (Å²) in [5.41, 5.74) is 7.33. The number of nitrogen functional groups attached to an aromatic ring is 1. The Balaban J connectivity index is 2.46. The lowest BCUT2D eigenvalue weighted by Crippen LogP contribution is -2.15. The second-order valence-corrected chi connectivity index (χ2v) is 6.33. The average Bonchev–Trinajstić information content (AvgIpc) is 2.87. The molecule has 0 amide bonds. The number of allylic oxidation sites excluding steroid dienone is 1. The Hall–Kier alpha value is -1.25. The van der Waals surface area contributed by atoms with E-state index in [1.165, 1.54) is 31.5 Å². The van der Waals surface area contributed by atoms with Crippen molar-refractivity contribution >= 4 is 5.82 Å². The van der Waals surface area contributed by atoms with Gasteiger partial charge < -0.3 is 10.3 Å². The predicted octanol–water partition coefficient (Wildman–Crippen LogP) is 3.61. The topological polar surface area (TPSA) is 43.8 Å². The fourth-order valence-corrected chi connectivity index (χ4v) is 2.85. The number of nitrogens with two attached hydrogens (primary N) is 1. The van der Waals surface area contributed by atoms with Crippen LogP contribution in [0.15, 0.2) is 12.7 Å². The number of rotatable bonds is 3. The largest absolute Gasteiger partial charge is 0.384 e. The molecule has 0 aromatic carbocycles. The van der Waals surface area contributed by atoms with Crippen molar-refractivity contribution in [3.63, 3.8) is 0 Å². The van der Waals surface area contributed by atoms with E-state index in [0.717, 1.165) is 18.1 Å². The Labute approximate surface area is 110 Å². The number of nitrogens with zero attached hydrogens (tertiary/aromatic N) is 2. The van der Waals surface area contributed by atoms with Crippen molar-refractivity contribution in [2.45, 2.75) is 64.3 Å². The van der Waals surface area contributed by atoms with Crippen molar-refractivity contribution < 1.29 is 0 Å². The van der Waals surface area contributed by atoms with Gasteiger partial charge in [-0.1, -0.05) is 39.7 Å². The zero-order valence-electron chi connectivity index (χ0n) is 11.9.